The minimum atomic E-state index is -1.11. The quantitative estimate of drug-likeness (QED) is 0.202. The second-order valence-electron chi connectivity index (χ2n) is 11.6. The Labute approximate surface area is 252 Å². The molecule has 0 aliphatic carbocycles. The van der Waals surface area contributed by atoms with Crippen molar-refractivity contribution in [1.82, 2.24) is 24.5 Å². The van der Waals surface area contributed by atoms with E-state index in [9.17, 15) is 18.8 Å². The molecular formula is C31H31ClF2N8O. The number of hydrogen-bond acceptors (Lipinski definition) is 7. The van der Waals surface area contributed by atoms with Crippen molar-refractivity contribution in [3.8, 4) is 6.07 Å². The summed E-state index contributed by atoms with van der Waals surface area (Å²) in [5.74, 6) is 0. The molecule has 0 bridgehead atoms. The number of pyridine rings is 2. The van der Waals surface area contributed by atoms with Crippen LogP contribution in [0.1, 0.15) is 49.7 Å². The van der Waals surface area contributed by atoms with E-state index in [1.165, 1.54) is 21.6 Å². The van der Waals surface area contributed by atoms with Crippen molar-refractivity contribution < 1.29 is 8.78 Å². The first-order chi connectivity index (χ1) is 20.5. The lowest BCUT2D eigenvalue weighted by Crippen LogP contribution is -2.20. The molecule has 3 heterocycles. The van der Waals surface area contributed by atoms with E-state index in [4.69, 9.17) is 11.6 Å². The molecule has 0 radical (unpaired) electrons. The number of aromatic nitrogens is 5. The molecule has 1 atom stereocenters. The van der Waals surface area contributed by atoms with Gasteiger partial charge in [-0.3, -0.25) is 9.78 Å². The zero-order chi connectivity index (χ0) is 30.9. The Hall–Kier alpha value is -4.56. The van der Waals surface area contributed by atoms with Gasteiger partial charge < -0.3 is 15.2 Å². The van der Waals surface area contributed by atoms with E-state index in [1.807, 2.05) is 18.2 Å². The average Bonchev–Trinajstić information content (AvgIpc) is 3.46. The Morgan fingerprint density at radius 2 is 1.88 bits per heavy atom. The SMILES string of the molecule is Cn1ccc2c([C@H](Nc3cc(Cl)c4ncc(C#N)c(NCC(C)(C)C)c4c3)c3cn(C(CF)CF)nn3)cccc2c1=O. The van der Waals surface area contributed by atoms with E-state index in [1.54, 1.807) is 31.4 Å². The smallest absolute Gasteiger partial charge is 0.258 e. The van der Waals surface area contributed by atoms with Crippen LogP contribution < -0.4 is 16.2 Å². The first-order valence-electron chi connectivity index (χ1n) is 13.7. The second-order valence-corrected chi connectivity index (χ2v) is 12.0. The number of aryl methyl sites for hydroxylation is 1. The van der Waals surface area contributed by atoms with E-state index >= 15 is 0 Å². The van der Waals surface area contributed by atoms with Crippen LogP contribution in [0, 0.1) is 16.7 Å². The highest BCUT2D eigenvalue weighted by molar-refractivity contribution is 6.35. The van der Waals surface area contributed by atoms with Crippen LogP contribution in [0.4, 0.5) is 20.2 Å². The van der Waals surface area contributed by atoms with Gasteiger partial charge in [0.15, 0.2) is 0 Å². The number of hydrogen-bond donors (Lipinski definition) is 2. The van der Waals surface area contributed by atoms with Crippen molar-refractivity contribution in [2.75, 3.05) is 30.5 Å². The number of nitrogens with one attached hydrogen (secondary N) is 2. The minimum absolute atomic E-state index is 0.0681. The first kappa shape index (κ1) is 29.9. The topological polar surface area (TPSA) is 113 Å². The fourth-order valence-electron chi connectivity index (χ4n) is 4.88. The molecule has 0 aliphatic heterocycles. The molecule has 9 nitrogen and oxygen atoms in total. The lowest BCUT2D eigenvalue weighted by molar-refractivity contribution is 0.269. The minimum Gasteiger partial charge on any atom is -0.383 e. The standard InChI is InChI=1S/C31H31ClF2N8O/c1-31(2,3)17-37-27-18(14-35)15-36-28-24(27)10-19(11-25(28)32)38-29(26-16-42(40-39-26)20(12-33)13-34)22-6-5-7-23-21(22)8-9-41(4)30(23)43/h5-11,15-16,20,29,38H,12-13,17H2,1-4H3,(H,36,37)/t29-/m0/s1. The summed E-state index contributed by atoms with van der Waals surface area (Å²) in [5, 5.41) is 27.2. The summed E-state index contributed by atoms with van der Waals surface area (Å²) < 4.78 is 29.7. The number of rotatable bonds is 9. The van der Waals surface area contributed by atoms with Gasteiger partial charge in [-0.1, -0.05) is 49.7 Å². The number of alkyl halides is 2. The molecule has 2 aromatic carbocycles. The van der Waals surface area contributed by atoms with E-state index < -0.39 is 25.4 Å². The number of nitriles is 1. The summed E-state index contributed by atoms with van der Waals surface area (Å²) in [6.07, 6.45) is 4.67. The zero-order valence-electron chi connectivity index (χ0n) is 24.2. The van der Waals surface area contributed by atoms with Gasteiger partial charge in [0.05, 0.1) is 34.0 Å². The third-order valence-electron chi connectivity index (χ3n) is 7.17. The number of anilines is 2. The van der Waals surface area contributed by atoms with Gasteiger partial charge in [-0.05, 0) is 40.6 Å². The maximum atomic E-state index is 13.5. The van der Waals surface area contributed by atoms with E-state index in [0.717, 1.165) is 0 Å². The number of nitrogens with zero attached hydrogens (tertiary/aromatic N) is 6. The highest BCUT2D eigenvalue weighted by Gasteiger charge is 2.24. The molecule has 2 N–H and O–H groups in total. The summed E-state index contributed by atoms with van der Waals surface area (Å²) in [4.78, 5) is 17.4. The fraction of sp³-hybridized carbons (Fsp3) is 0.323. The monoisotopic (exact) mass is 604 g/mol. The molecule has 0 spiro atoms. The Bertz CT molecular complexity index is 1900. The van der Waals surface area contributed by atoms with Gasteiger partial charge in [-0.2, -0.15) is 5.26 Å². The molecule has 0 unspecified atom stereocenters. The van der Waals surface area contributed by atoms with Crippen LogP contribution in [0.5, 0.6) is 0 Å². The van der Waals surface area contributed by atoms with E-state index in [0.29, 0.717) is 61.4 Å². The van der Waals surface area contributed by atoms with Crippen molar-refractivity contribution in [3.63, 3.8) is 0 Å². The van der Waals surface area contributed by atoms with Gasteiger partial charge >= 0.3 is 0 Å². The molecule has 12 heteroatoms. The van der Waals surface area contributed by atoms with Gasteiger partial charge in [0.1, 0.15) is 31.2 Å². The summed E-state index contributed by atoms with van der Waals surface area (Å²) in [7, 11) is 1.68. The number of fused-ring (bicyclic) bond motifs is 2. The zero-order valence-corrected chi connectivity index (χ0v) is 25.0. The van der Waals surface area contributed by atoms with Crippen molar-refractivity contribution in [3.05, 3.63) is 87.2 Å². The maximum Gasteiger partial charge on any atom is 0.258 e. The lowest BCUT2D eigenvalue weighted by atomic mass is 9.96. The first-order valence-corrected chi connectivity index (χ1v) is 14.1. The van der Waals surface area contributed by atoms with Crippen molar-refractivity contribution in [2.24, 2.45) is 12.5 Å². The maximum absolute atomic E-state index is 13.5. The normalized spacial score (nSPS) is 12.5. The second kappa shape index (κ2) is 12.0. The summed E-state index contributed by atoms with van der Waals surface area (Å²) >= 11 is 6.74. The largest absolute Gasteiger partial charge is 0.383 e. The molecule has 0 saturated heterocycles. The average molecular weight is 605 g/mol. The fourth-order valence-corrected chi connectivity index (χ4v) is 5.15. The van der Waals surface area contributed by atoms with Gasteiger partial charge in [-0.25, -0.2) is 13.5 Å². The molecular weight excluding hydrogens is 574 g/mol. The van der Waals surface area contributed by atoms with Gasteiger partial charge in [0, 0.05) is 42.4 Å². The third-order valence-corrected chi connectivity index (χ3v) is 7.46. The van der Waals surface area contributed by atoms with Crippen LogP contribution in [-0.4, -0.2) is 44.4 Å². The van der Waals surface area contributed by atoms with E-state index in [-0.39, 0.29) is 11.0 Å². The lowest BCUT2D eigenvalue weighted by Gasteiger charge is -2.23. The Morgan fingerprint density at radius 1 is 1.12 bits per heavy atom. The van der Waals surface area contributed by atoms with Gasteiger partial charge in [0.25, 0.3) is 5.56 Å². The van der Waals surface area contributed by atoms with Gasteiger partial charge in [-0.15, -0.1) is 5.10 Å². The predicted molar refractivity (Wildman–Crippen MR) is 165 cm³/mol. The van der Waals surface area contributed by atoms with Crippen LogP contribution in [0.15, 0.2) is 59.8 Å². The molecule has 43 heavy (non-hydrogen) atoms. The molecule has 0 aliphatic rings. The van der Waals surface area contributed by atoms with Crippen LogP contribution in [0.25, 0.3) is 21.7 Å². The van der Waals surface area contributed by atoms with Gasteiger partial charge in [0.2, 0.25) is 0 Å². The summed E-state index contributed by atoms with van der Waals surface area (Å²) in [6, 6.07) is 11.2. The Kier molecular flexibility index (Phi) is 8.33. The molecule has 3 aromatic heterocycles. The molecule has 0 fully saturated rings. The molecule has 222 valence electrons. The molecule has 0 saturated carbocycles. The van der Waals surface area contributed by atoms with Crippen LogP contribution in [0.2, 0.25) is 5.02 Å². The van der Waals surface area contributed by atoms with Crippen molar-refractivity contribution in [1.29, 1.82) is 5.26 Å². The van der Waals surface area contributed by atoms with Crippen molar-refractivity contribution in [2.45, 2.75) is 32.9 Å². The summed E-state index contributed by atoms with van der Waals surface area (Å²) in [5.41, 5.74) is 2.91. The van der Waals surface area contributed by atoms with Crippen LogP contribution in [0.3, 0.4) is 0 Å². The Balaban J connectivity index is 1.68. The number of benzene rings is 2. The van der Waals surface area contributed by atoms with Crippen LogP contribution in [-0.2, 0) is 7.05 Å². The molecule has 0 amide bonds. The summed E-state index contributed by atoms with van der Waals surface area (Å²) in [6.45, 7) is 4.96. The number of halogens is 3. The van der Waals surface area contributed by atoms with E-state index in [2.05, 4.69) is 52.8 Å². The third kappa shape index (κ3) is 6.01. The molecule has 5 aromatic rings. The highest BCUT2D eigenvalue weighted by atomic mass is 35.5. The highest BCUT2D eigenvalue weighted by Crippen LogP contribution is 2.37. The predicted octanol–water partition coefficient (Wildman–Crippen LogP) is 6.34. The van der Waals surface area contributed by atoms with Crippen molar-refractivity contribution >= 4 is 44.7 Å². The van der Waals surface area contributed by atoms with Crippen LogP contribution >= 0.6 is 11.6 Å². The Morgan fingerprint density at radius 3 is 2.58 bits per heavy atom. The molecule has 5 rings (SSSR count).